The van der Waals surface area contributed by atoms with Crippen LogP contribution in [0.2, 0.25) is 1.41 Å². The van der Waals surface area contributed by atoms with Crippen LogP contribution in [0.15, 0.2) is 24.3 Å². The first-order valence-corrected chi connectivity index (χ1v) is 3.51. The Bertz CT molecular complexity index is 374. The van der Waals surface area contributed by atoms with Crippen LogP contribution in [0.5, 0.6) is 5.75 Å². The number of likely N-dealkylation sites (N-methyl/N-ethyl adjacent to an activating group) is 1. The summed E-state index contributed by atoms with van der Waals surface area (Å²) in [6.45, 7) is -2.16. The molecule has 1 atom stereocenters. The van der Waals surface area contributed by atoms with Crippen molar-refractivity contribution in [3.8, 4) is 5.75 Å². The Balaban J connectivity index is 3.09. The number of hydrogen-bond donors (Lipinski definition) is 3. The van der Waals surface area contributed by atoms with Gasteiger partial charge in [0.2, 0.25) is 1.43 Å². The normalized spacial score (nSPS) is 20.0. The van der Waals surface area contributed by atoms with E-state index in [0.29, 0.717) is 10.9 Å². The Kier molecular flexibility index (Phi) is 1.45. The van der Waals surface area contributed by atoms with Crippen molar-refractivity contribution < 1.29 is 14.4 Å². The standard InChI is InChI=1S/C9H13NO2/c1-10-6-9(12)7-3-2-4-8(11)5-7/h2-5,9-12H,6H2,1H3/t9-/m0/s1/i6D2,12D/hD2. The third-order valence-electron chi connectivity index (χ3n) is 1.41. The van der Waals surface area contributed by atoms with Gasteiger partial charge in [0.15, 0.2) is 0 Å². The summed E-state index contributed by atoms with van der Waals surface area (Å²) in [5.74, 6) is 0.216. The molecule has 1 rings (SSSR count). The second-order valence-electron chi connectivity index (χ2n) is 2.31. The molecule has 0 spiro atoms. The van der Waals surface area contributed by atoms with Crippen LogP contribution >= 0.6 is 0 Å². The molecule has 0 saturated carbocycles. The number of nitrogens with one attached hydrogen (secondary N) is 1. The van der Waals surface area contributed by atoms with Crippen LogP contribution in [0, 0.1) is 0 Å². The summed E-state index contributed by atoms with van der Waals surface area (Å²) in [5, 5.41) is 9.22. The molecular weight excluding hydrogens is 154 g/mol. The number of aliphatic hydroxyl groups is 1. The van der Waals surface area contributed by atoms with Crippen molar-refractivity contribution in [1.29, 1.82) is 2.86 Å². The molecule has 0 bridgehead atoms. The van der Waals surface area contributed by atoms with Crippen molar-refractivity contribution in [3.63, 3.8) is 0 Å². The van der Waals surface area contributed by atoms with E-state index in [9.17, 15) is 0 Å². The minimum Gasteiger partial charge on any atom is -0.508 e. The Morgan fingerprint density at radius 3 is 3.42 bits per heavy atom. The van der Waals surface area contributed by atoms with Crippen molar-refractivity contribution in [2.24, 2.45) is 0 Å². The molecule has 0 amide bonds. The van der Waals surface area contributed by atoms with Gasteiger partial charge in [-0.1, -0.05) is 12.1 Å². The van der Waals surface area contributed by atoms with Crippen LogP contribution in [0.3, 0.4) is 0 Å². The van der Waals surface area contributed by atoms with Gasteiger partial charge in [0.25, 0.3) is 1.43 Å². The van der Waals surface area contributed by atoms with E-state index in [2.05, 4.69) is 10.2 Å². The molecule has 3 N–H and O–H groups in total. The molecule has 3 nitrogen and oxygen atoms in total. The van der Waals surface area contributed by atoms with Crippen molar-refractivity contribution in [2.45, 2.75) is 6.10 Å². The van der Waals surface area contributed by atoms with E-state index in [0.717, 1.165) is 0 Å². The maximum absolute atomic E-state index is 7.68. The number of phenols is 1. The molecule has 0 aromatic heterocycles. The quantitative estimate of drug-likeness (QED) is 0.611. The van der Waals surface area contributed by atoms with Crippen molar-refractivity contribution in [1.82, 2.24) is 5.31 Å². The minimum atomic E-state index is -2.16. The maximum atomic E-state index is 7.68. The topological polar surface area (TPSA) is 52.5 Å². The molecule has 0 aliphatic carbocycles. The van der Waals surface area contributed by atoms with Gasteiger partial charge in [-0.3, -0.25) is 0 Å². The highest BCUT2D eigenvalue weighted by Gasteiger charge is 2.05. The first-order chi connectivity index (χ1) is 7.93. The lowest BCUT2D eigenvalue weighted by Crippen LogP contribution is -2.16. The van der Waals surface area contributed by atoms with Crippen molar-refractivity contribution in [2.75, 3.05) is 13.5 Å². The van der Waals surface area contributed by atoms with Gasteiger partial charge in [-0.2, -0.15) is 0 Å². The third-order valence-corrected chi connectivity index (χ3v) is 1.41. The molecule has 0 unspecified atom stereocenters. The fraction of sp³-hybridized carbons (Fsp3) is 0.333. The lowest BCUT2D eigenvalue weighted by Gasteiger charge is -2.09. The van der Waals surface area contributed by atoms with E-state index in [4.69, 9.17) is 7.02 Å². The number of rotatable bonds is 5. The summed E-state index contributed by atoms with van der Waals surface area (Å²) >= 11 is 0. The first kappa shape index (κ1) is 4.25. The fourth-order valence-electron chi connectivity index (χ4n) is 0.869. The number of benzene rings is 1. The molecule has 1 aromatic carbocycles. The SMILES string of the molecule is [2H]Oc1cccc([C@@H](O[2H])C([2H])([2H])N([2H])C)c1. The summed E-state index contributed by atoms with van der Waals surface area (Å²) in [6.07, 6.45) is -1.26. The largest absolute Gasteiger partial charge is 0.508 e. The smallest absolute Gasteiger partial charge is 0.293 e. The van der Waals surface area contributed by atoms with Crippen LogP contribution in [0.1, 0.15) is 14.4 Å². The summed E-state index contributed by atoms with van der Waals surface area (Å²) in [5.41, 5.74) is 0.328. The first-order valence-electron chi connectivity index (χ1n) is 5.77. The fourth-order valence-corrected chi connectivity index (χ4v) is 0.869. The van der Waals surface area contributed by atoms with Crippen LogP contribution in [-0.2, 0) is 0 Å². The van der Waals surface area contributed by atoms with Gasteiger partial charge in [-0.15, -0.1) is 0 Å². The molecule has 12 heavy (non-hydrogen) atoms. The van der Waals surface area contributed by atoms with E-state index in [-0.39, 0.29) is 5.75 Å². The Labute approximate surface area is 78.9 Å². The average Bonchev–Trinajstić information content (AvgIpc) is 2.29. The predicted molar refractivity (Wildman–Crippen MR) is 47.0 cm³/mol. The number of aromatic hydroxyl groups is 1. The Morgan fingerprint density at radius 1 is 1.83 bits per heavy atom. The molecule has 3 heteroatoms. The maximum Gasteiger partial charge on any atom is 0.293 e. The molecule has 0 aliphatic rings. The summed E-state index contributed by atoms with van der Waals surface area (Å²) in [4.78, 5) is 0. The van der Waals surface area contributed by atoms with E-state index >= 15 is 0 Å². The van der Waals surface area contributed by atoms with Gasteiger partial charge >= 0.3 is 0 Å². The predicted octanol–water partition coefficient (Wildman–Crippen LogP) is 0.645. The molecule has 1 aromatic rings. The zero-order valence-electron chi connectivity index (χ0n) is 11.7. The Hall–Kier alpha value is -1.06. The highest BCUT2D eigenvalue weighted by molar-refractivity contribution is 5.28. The number of phenolic OH excluding ortho intramolecular Hbond substituents is 1. The molecular formula is C9H13NO2. The molecule has 0 saturated heterocycles. The highest BCUT2D eigenvalue weighted by Crippen LogP contribution is 2.17. The van der Waals surface area contributed by atoms with Crippen LogP contribution in [-0.4, -0.2) is 26.6 Å². The van der Waals surface area contributed by atoms with E-state index < -0.39 is 12.6 Å². The van der Waals surface area contributed by atoms with Gasteiger partial charge in [0.05, 0.1) is 6.10 Å². The van der Waals surface area contributed by atoms with Gasteiger partial charge in [0, 0.05) is 9.24 Å². The van der Waals surface area contributed by atoms with E-state index in [1.54, 1.807) is 12.1 Å². The van der Waals surface area contributed by atoms with Crippen molar-refractivity contribution >= 4 is 0 Å². The summed E-state index contributed by atoms with van der Waals surface area (Å²) in [7, 11) is 1.23. The average molecular weight is 172 g/mol. The minimum absolute atomic E-state index is 0.216. The second-order valence-corrected chi connectivity index (χ2v) is 2.31. The lowest BCUT2D eigenvalue weighted by atomic mass is 10.1. The van der Waals surface area contributed by atoms with Crippen molar-refractivity contribution in [3.05, 3.63) is 29.8 Å². The summed E-state index contributed by atoms with van der Waals surface area (Å²) in [6, 6.07) is 6.03. The lowest BCUT2D eigenvalue weighted by molar-refractivity contribution is 0.177. The molecule has 66 valence electrons. The van der Waals surface area contributed by atoms with E-state index in [1.165, 1.54) is 19.2 Å². The van der Waals surface area contributed by atoms with Gasteiger partial charge in [-0.05, 0) is 24.7 Å². The second kappa shape index (κ2) is 4.09. The van der Waals surface area contributed by atoms with E-state index in [1.807, 2.05) is 0 Å². The zero-order valence-corrected chi connectivity index (χ0v) is 6.65. The summed E-state index contributed by atoms with van der Waals surface area (Å²) < 4.78 is 36.3. The van der Waals surface area contributed by atoms with Crippen LogP contribution in [0.25, 0.3) is 0 Å². The van der Waals surface area contributed by atoms with Gasteiger partial charge in [0.1, 0.15) is 7.16 Å². The molecule has 0 radical (unpaired) electrons. The van der Waals surface area contributed by atoms with Crippen LogP contribution < -0.4 is 5.31 Å². The zero-order chi connectivity index (χ0) is 13.1. The molecule has 0 fully saturated rings. The highest BCUT2D eigenvalue weighted by atomic mass is 16.3. The Morgan fingerprint density at radius 2 is 2.75 bits per heavy atom. The monoisotopic (exact) mass is 172 g/mol. The van der Waals surface area contributed by atoms with Gasteiger partial charge in [-0.25, -0.2) is 0 Å². The molecule has 0 aliphatic heterocycles. The third kappa shape index (κ3) is 2.22. The molecule has 0 heterocycles. The number of hydrogen-bond acceptors (Lipinski definition) is 3. The van der Waals surface area contributed by atoms with Crippen LogP contribution in [0.4, 0.5) is 0 Å². The van der Waals surface area contributed by atoms with Gasteiger partial charge < -0.3 is 15.5 Å². The number of aliphatic hydroxyl groups excluding tert-OH is 1.